The number of alkyl halides is 12. The van der Waals surface area contributed by atoms with Crippen LogP contribution in [0.5, 0.6) is 0 Å². The van der Waals surface area contributed by atoms with E-state index in [0.29, 0.717) is 42.7 Å². The van der Waals surface area contributed by atoms with E-state index in [4.69, 9.17) is 0 Å². The van der Waals surface area contributed by atoms with Crippen molar-refractivity contribution >= 4 is 42.5 Å². The summed E-state index contributed by atoms with van der Waals surface area (Å²) in [5.41, 5.74) is -5.55. The average molecular weight is 788 g/mol. The minimum absolute atomic E-state index is 0.134. The largest absolute Gasteiger partial charge is 0.416 e. The van der Waals surface area contributed by atoms with Crippen LogP contribution in [0.15, 0.2) is 115 Å². The molecule has 1 nitrogen and oxygen atoms in total. The van der Waals surface area contributed by atoms with E-state index in [1.54, 1.807) is 0 Å². The smallest absolute Gasteiger partial charge is 0.281 e. The third kappa shape index (κ3) is 8.74. The topological polar surface area (TPSA) is 12.0 Å². The van der Waals surface area contributed by atoms with Gasteiger partial charge in [-0.3, -0.25) is 5.09 Å². The van der Waals surface area contributed by atoms with Crippen molar-refractivity contribution in [2.24, 2.45) is 0 Å². The molecule has 278 valence electrons. The van der Waals surface area contributed by atoms with Gasteiger partial charge in [0.1, 0.15) is 0 Å². The monoisotopic (exact) mass is 787 g/mol. The maximum Gasteiger partial charge on any atom is 0.416 e. The van der Waals surface area contributed by atoms with Crippen LogP contribution in [0.25, 0.3) is 0 Å². The second-order valence-corrected chi connectivity index (χ2v) is 16.4. The SMILES string of the molecule is FC(F)(F)c1cc(P(N[C@@H]2CCCc3cccc(P(c4ccccc4)c4ccccc4)c32)c2cc(C(F)(F)F)cc(C(F)(F)F)c2)cc(C(F)(F)F)c1. The van der Waals surface area contributed by atoms with E-state index in [0.717, 1.165) is 21.5 Å². The lowest BCUT2D eigenvalue weighted by atomic mass is 9.88. The van der Waals surface area contributed by atoms with Crippen molar-refractivity contribution in [3.05, 3.63) is 149 Å². The maximum atomic E-state index is 14.1. The van der Waals surface area contributed by atoms with Crippen LogP contribution in [0.2, 0.25) is 0 Å². The molecule has 5 aromatic carbocycles. The van der Waals surface area contributed by atoms with Crippen molar-refractivity contribution in [2.45, 2.75) is 50.0 Å². The lowest BCUT2D eigenvalue weighted by Crippen LogP contribution is -2.35. The van der Waals surface area contributed by atoms with Crippen LogP contribution >= 0.6 is 16.0 Å². The summed E-state index contributed by atoms with van der Waals surface area (Å²) in [7, 11) is -4.27. The second kappa shape index (κ2) is 14.7. The van der Waals surface area contributed by atoms with Crippen molar-refractivity contribution in [1.82, 2.24) is 5.09 Å². The number of hydrogen-bond donors (Lipinski definition) is 1. The number of aryl methyl sites for hydroxylation is 1. The molecule has 0 radical (unpaired) electrons. The van der Waals surface area contributed by atoms with Gasteiger partial charge in [0.15, 0.2) is 0 Å². The van der Waals surface area contributed by atoms with Gasteiger partial charge in [0, 0.05) is 14.1 Å². The summed E-state index contributed by atoms with van der Waals surface area (Å²) in [6.07, 6.45) is -20.1. The number of nitrogens with one attached hydrogen (secondary N) is 1. The van der Waals surface area contributed by atoms with Gasteiger partial charge in [-0.25, -0.2) is 0 Å². The Kier molecular flexibility index (Phi) is 10.8. The minimum atomic E-state index is -5.33. The van der Waals surface area contributed by atoms with Gasteiger partial charge in [-0.2, -0.15) is 52.7 Å². The molecule has 0 bridgehead atoms. The summed E-state index contributed by atoms with van der Waals surface area (Å²) >= 11 is 0. The maximum absolute atomic E-state index is 14.1. The highest BCUT2D eigenvalue weighted by molar-refractivity contribution is 7.80. The Morgan fingerprint density at radius 1 is 0.472 bits per heavy atom. The van der Waals surface area contributed by atoms with Crippen molar-refractivity contribution < 1.29 is 52.7 Å². The van der Waals surface area contributed by atoms with Crippen LogP contribution < -0.4 is 31.6 Å². The fourth-order valence-corrected chi connectivity index (χ4v) is 11.2. The predicted molar refractivity (Wildman–Crippen MR) is 183 cm³/mol. The fraction of sp³-hybridized carbons (Fsp3) is 0.211. The van der Waals surface area contributed by atoms with Crippen LogP contribution in [0.4, 0.5) is 52.7 Å². The van der Waals surface area contributed by atoms with E-state index >= 15 is 0 Å². The highest BCUT2D eigenvalue weighted by Crippen LogP contribution is 2.46. The Labute approximate surface area is 298 Å². The zero-order valence-corrected chi connectivity index (χ0v) is 28.9. The summed E-state index contributed by atoms with van der Waals surface area (Å²) in [6, 6.07) is 24.5. The van der Waals surface area contributed by atoms with Gasteiger partial charge in [0.05, 0.1) is 22.3 Å². The first-order valence-electron chi connectivity index (χ1n) is 16.0. The molecule has 1 aliphatic rings. The van der Waals surface area contributed by atoms with Crippen LogP contribution in [-0.2, 0) is 31.1 Å². The third-order valence-electron chi connectivity index (χ3n) is 8.68. The molecule has 0 amide bonds. The summed E-state index contributed by atoms with van der Waals surface area (Å²) in [5, 5.41) is 4.18. The molecule has 1 atom stereocenters. The molecule has 0 heterocycles. The fourth-order valence-electron chi connectivity index (χ4n) is 6.36. The minimum Gasteiger partial charge on any atom is -0.281 e. The molecular formula is C38H27F12NP2. The van der Waals surface area contributed by atoms with Gasteiger partial charge in [-0.15, -0.1) is 0 Å². The molecule has 15 heteroatoms. The molecule has 1 N–H and O–H groups in total. The summed E-state index contributed by atoms with van der Waals surface area (Å²) in [5.74, 6) is 0. The molecule has 0 aliphatic heterocycles. The van der Waals surface area contributed by atoms with Crippen molar-refractivity contribution in [1.29, 1.82) is 0 Å². The third-order valence-corrected chi connectivity index (χ3v) is 13.3. The van der Waals surface area contributed by atoms with Crippen LogP contribution in [0, 0.1) is 0 Å². The molecule has 53 heavy (non-hydrogen) atoms. The highest BCUT2D eigenvalue weighted by atomic mass is 31.1. The Balaban J connectivity index is 1.60. The van der Waals surface area contributed by atoms with E-state index in [1.165, 1.54) is 0 Å². The first kappa shape index (κ1) is 38.8. The standard InChI is InChI=1S/C38H27F12NP2/c39-35(40,41)24-17-25(36(42,43)44)20-30(19-24)53(31-21-26(37(45,46)47)18-27(22-31)38(48,49)50)51-32-15-7-9-23-10-8-16-33(34(23)32)52(28-11-3-1-4-12-28)29-13-5-2-6-14-29/h1-6,8,10-14,16-22,32,51H,7,9,15H2/t32-/m1/s1. The Morgan fingerprint density at radius 3 is 1.28 bits per heavy atom. The Hall–Kier alpha value is -3.92. The zero-order valence-electron chi connectivity index (χ0n) is 27.1. The number of hydrogen-bond acceptors (Lipinski definition) is 1. The zero-order chi connectivity index (χ0) is 38.3. The molecule has 0 spiro atoms. The van der Waals surface area contributed by atoms with Gasteiger partial charge in [-0.05, 0) is 101 Å². The first-order valence-corrected chi connectivity index (χ1v) is 18.7. The second-order valence-electron chi connectivity index (χ2n) is 12.3. The lowest BCUT2D eigenvalue weighted by molar-refractivity contribution is -0.144. The quantitative estimate of drug-likeness (QED) is 0.128. The molecular weight excluding hydrogens is 760 g/mol. The summed E-state index contributed by atoms with van der Waals surface area (Å²) in [4.78, 5) is 0. The molecule has 1 aliphatic carbocycles. The van der Waals surface area contributed by atoms with E-state index in [2.05, 4.69) is 5.09 Å². The van der Waals surface area contributed by atoms with Gasteiger partial charge in [0.2, 0.25) is 0 Å². The average Bonchev–Trinajstić information content (AvgIpc) is 3.10. The van der Waals surface area contributed by atoms with Gasteiger partial charge in [-0.1, -0.05) is 78.9 Å². The lowest BCUT2D eigenvalue weighted by Gasteiger charge is -2.35. The van der Waals surface area contributed by atoms with Gasteiger partial charge < -0.3 is 0 Å². The predicted octanol–water partition coefficient (Wildman–Crippen LogP) is 10.5. The summed E-state index contributed by atoms with van der Waals surface area (Å²) in [6.45, 7) is 0. The normalized spacial score (nSPS) is 15.5. The van der Waals surface area contributed by atoms with Crippen molar-refractivity contribution in [2.75, 3.05) is 0 Å². The van der Waals surface area contributed by atoms with Gasteiger partial charge >= 0.3 is 24.7 Å². The van der Waals surface area contributed by atoms with E-state index in [9.17, 15) is 52.7 Å². The molecule has 0 unspecified atom stereocenters. The van der Waals surface area contributed by atoms with E-state index < -0.39 is 79.6 Å². The molecule has 0 fully saturated rings. The number of benzene rings is 5. The number of rotatable bonds is 7. The first-order chi connectivity index (χ1) is 24.8. The van der Waals surface area contributed by atoms with Gasteiger partial charge in [0.25, 0.3) is 0 Å². The van der Waals surface area contributed by atoms with Crippen LogP contribution in [0.3, 0.4) is 0 Å². The van der Waals surface area contributed by atoms with E-state index in [-0.39, 0.29) is 18.6 Å². The highest BCUT2D eigenvalue weighted by Gasteiger charge is 2.41. The molecule has 0 saturated carbocycles. The molecule has 5 aromatic rings. The Bertz CT molecular complexity index is 1880. The number of halogens is 12. The molecule has 0 saturated heterocycles. The summed E-state index contributed by atoms with van der Waals surface area (Å²) < 4.78 is 169. The molecule has 0 aromatic heterocycles. The van der Waals surface area contributed by atoms with E-state index in [1.807, 2.05) is 78.9 Å². The van der Waals surface area contributed by atoms with Crippen molar-refractivity contribution in [3.63, 3.8) is 0 Å². The number of fused-ring (bicyclic) bond motifs is 1. The van der Waals surface area contributed by atoms with Crippen LogP contribution in [0.1, 0.15) is 52.3 Å². The Morgan fingerprint density at radius 2 is 0.887 bits per heavy atom. The van der Waals surface area contributed by atoms with Crippen LogP contribution in [-0.4, -0.2) is 0 Å². The van der Waals surface area contributed by atoms with Crippen molar-refractivity contribution in [3.8, 4) is 0 Å². The molecule has 6 rings (SSSR count).